The first kappa shape index (κ1) is 15.7. The average molecular weight is 268 g/mol. The largest absolute Gasteiger partial charge is 0.396 e. The van der Waals surface area contributed by atoms with E-state index >= 15 is 0 Å². The minimum absolute atomic E-state index is 0.0872. The molecule has 0 aromatic carbocycles. The number of hydrogen-bond donors (Lipinski definition) is 3. The zero-order valence-corrected chi connectivity index (χ0v) is 11.9. The molecule has 4 N–H and O–H groups in total. The van der Waals surface area contributed by atoms with Gasteiger partial charge in [-0.2, -0.15) is 0 Å². The van der Waals surface area contributed by atoms with Crippen LogP contribution >= 0.6 is 0 Å². The van der Waals surface area contributed by atoms with Crippen LogP contribution in [-0.2, 0) is 11.3 Å². The van der Waals surface area contributed by atoms with Gasteiger partial charge in [0.2, 0.25) is 0 Å². The Bertz CT molecular complexity index is 396. The number of aliphatic hydroxyl groups excluding tert-OH is 1. The topological polar surface area (TPSA) is 93.3 Å². The number of aromatic nitrogens is 2. The number of anilines is 2. The molecule has 1 aromatic rings. The SMILES string of the molecule is COCc1nc(N)cc(NCC(C)(C)CCCO)n1. The fraction of sp³-hybridized carbons (Fsp3) is 0.692. The average Bonchev–Trinajstić information content (AvgIpc) is 2.34. The van der Waals surface area contributed by atoms with E-state index < -0.39 is 0 Å². The normalized spacial score (nSPS) is 11.6. The number of aliphatic hydroxyl groups is 1. The molecular weight excluding hydrogens is 244 g/mol. The van der Waals surface area contributed by atoms with E-state index in [2.05, 4.69) is 29.1 Å². The summed E-state index contributed by atoms with van der Waals surface area (Å²) >= 11 is 0. The van der Waals surface area contributed by atoms with Gasteiger partial charge in [-0.25, -0.2) is 9.97 Å². The van der Waals surface area contributed by atoms with E-state index in [1.54, 1.807) is 13.2 Å². The van der Waals surface area contributed by atoms with Crippen molar-refractivity contribution in [1.29, 1.82) is 0 Å². The maximum atomic E-state index is 8.88. The van der Waals surface area contributed by atoms with Gasteiger partial charge in [-0.05, 0) is 18.3 Å². The molecule has 0 aliphatic rings. The summed E-state index contributed by atoms with van der Waals surface area (Å²) in [5, 5.41) is 12.1. The van der Waals surface area contributed by atoms with Crippen molar-refractivity contribution in [3.8, 4) is 0 Å². The van der Waals surface area contributed by atoms with Crippen LogP contribution in [0.2, 0.25) is 0 Å². The minimum Gasteiger partial charge on any atom is -0.396 e. The lowest BCUT2D eigenvalue weighted by atomic mass is 9.88. The standard InChI is InChI=1S/C13H24N4O2/c1-13(2,5-4-6-18)9-15-11-7-10(14)16-12(17-11)8-19-3/h7,18H,4-6,8-9H2,1-3H3,(H3,14,15,16,17). The Hall–Kier alpha value is -1.40. The van der Waals surface area contributed by atoms with Crippen LogP contribution in [0.1, 0.15) is 32.5 Å². The number of nitrogens with one attached hydrogen (secondary N) is 1. The number of methoxy groups -OCH3 is 1. The van der Waals surface area contributed by atoms with Crippen LogP contribution < -0.4 is 11.1 Å². The van der Waals surface area contributed by atoms with E-state index in [4.69, 9.17) is 15.6 Å². The monoisotopic (exact) mass is 268 g/mol. The van der Waals surface area contributed by atoms with Gasteiger partial charge < -0.3 is 20.9 Å². The number of nitrogen functional groups attached to an aromatic ring is 1. The molecule has 1 aromatic heterocycles. The highest BCUT2D eigenvalue weighted by Gasteiger charge is 2.17. The van der Waals surface area contributed by atoms with Gasteiger partial charge in [0.15, 0.2) is 5.82 Å². The quantitative estimate of drug-likeness (QED) is 0.660. The van der Waals surface area contributed by atoms with E-state index in [0.29, 0.717) is 24.1 Å². The third-order valence-electron chi connectivity index (χ3n) is 2.83. The molecule has 0 radical (unpaired) electrons. The number of hydrogen-bond acceptors (Lipinski definition) is 6. The summed E-state index contributed by atoms with van der Waals surface area (Å²) < 4.78 is 5.00. The molecule has 19 heavy (non-hydrogen) atoms. The van der Waals surface area contributed by atoms with Crippen molar-refractivity contribution in [2.45, 2.75) is 33.3 Å². The summed E-state index contributed by atoms with van der Waals surface area (Å²) in [5.74, 6) is 1.70. The highest BCUT2D eigenvalue weighted by molar-refractivity contribution is 5.44. The third kappa shape index (κ3) is 5.85. The molecule has 108 valence electrons. The second-order valence-electron chi connectivity index (χ2n) is 5.37. The van der Waals surface area contributed by atoms with Gasteiger partial charge in [0.05, 0.1) is 0 Å². The van der Waals surface area contributed by atoms with Gasteiger partial charge in [-0.1, -0.05) is 13.8 Å². The Kier molecular flexibility index (Phi) is 5.98. The molecule has 0 aliphatic heterocycles. The van der Waals surface area contributed by atoms with Crippen LogP contribution in [0.4, 0.5) is 11.6 Å². The minimum atomic E-state index is 0.0872. The summed E-state index contributed by atoms with van der Waals surface area (Å²) in [5.41, 5.74) is 5.82. The fourth-order valence-corrected chi connectivity index (χ4v) is 1.78. The number of nitrogens with zero attached hydrogens (tertiary/aromatic N) is 2. The molecule has 0 bridgehead atoms. The molecule has 1 rings (SSSR count). The summed E-state index contributed by atoms with van der Waals surface area (Å²) in [6.07, 6.45) is 1.75. The molecule has 0 amide bonds. The van der Waals surface area contributed by atoms with E-state index in [9.17, 15) is 0 Å². The number of rotatable bonds is 8. The first-order valence-electron chi connectivity index (χ1n) is 6.44. The van der Waals surface area contributed by atoms with Gasteiger partial charge in [-0.3, -0.25) is 0 Å². The summed E-state index contributed by atoms with van der Waals surface area (Å²) in [4.78, 5) is 8.42. The molecule has 6 heteroatoms. The molecule has 0 saturated heterocycles. The summed E-state index contributed by atoms with van der Waals surface area (Å²) in [6, 6.07) is 1.71. The highest BCUT2D eigenvalue weighted by Crippen LogP contribution is 2.22. The Morgan fingerprint density at radius 3 is 2.79 bits per heavy atom. The summed E-state index contributed by atoms with van der Waals surface area (Å²) in [7, 11) is 1.59. The molecule has 1 heterocycles. The van der Waals surface area contributed by atoms with Gasteiger partial charge in [-0.15, -0.1) is 0 Å². The van der Waals surface area contributed by atoms with Crippen molar-refractivity contribution in [3.05, 3.63) is 11.9 Å². The highest BCUT2D eigenvalue weighted by atomic mass is 16.5. The predicted molar refractivity (Wildman–Crippen MR) is 75.7 cm³/mol. The molecule has 0 spiro atoms. The van der Waals surface area contributed by atoms with Gasteiger partial charge in [0.1, 0.15) is 18.2 Å². The predicted octanol–water partition coefficient (Wildman–Crippen LogP) is 1.42. The van der Waals surface area contributed by atoms with E-state index in [0.717, 1.165) is 19.4 Å². The molecule has 0 saturated carbocycles. The van der Waals surface area contributed by atoms with Crippen LogP contribution in [0.25, 0.3) is 0 Å². The van der Waals surface area contributed by atoms with E-state index in [1.165, 1.54) is 0 Å². The van der Waals surface area contributed by atoms with Crippen LogP contribution in [0.5, 0.6) is 0 Å². The van der Waals surface area contributed by atoms with Crippen LogP contribution in [0.15, 0.2) is 6.07 Å². The van der Waals surface area contributed by atoms with Gasteiger partial charge in [0.25, 0.3) is 0 Å². The van der Waals surface area contributed by atoms with Crippen LogP contribution in [-0.4, -0.2) is 35.3 Å². The van der Waals surface area contributed by atoms with Crippen molar-refractivity contribution in [2.24, 2.45) is 5.41 Å². The van der Waals surface area contributed by atoms with Crippen molar-refractivity contribution in [2.75, 3.05) is 31.3 Å². The molecule has 0 unspecified atom stereocenters. The lowest BCUT2D eigenvalue weighted by molar-refractivity contribution is 0.178. The molecule has 6 nitrogen and oxygen atoms in total. The Morgan fingerprint density at radius 1 is 1.42 bits per heavy atom. The summed E-state index contributed by atoms with van der Waals surface area (Å²) in [6.45, 7) is 5.62. The van der Waals surface area contributed by atoms with Crippen molar-refractivity contribution >= 4 is 11.6 Å². The van der Waals surface area contributed by atoms with E-state index in [-0.39, 0.29) is 12.0 Å². The molecule has 0 atom stereocenters. The van der Waals surface area contributed by atoms with Crippen molar-refractivity contribution in [3.63, 3.8) is 0 Å². The van der Waals surface area contributed by atoms with E-state index in [1.807, 2.05) is 0 Å². The fourth-order valence-electron chi connectivity index (χ4n) is 1.78. The van der Waals surface area contributed by atoms with Gasteiger partial charge >= 0.3 is 0 Å². The van der Waals surface area contributed by atoms with Crippen LogP contribution in [0, 0.1) is 5.41 Å². The Balaban J connectivity index is 2.61. The lowest BCUT2D eigenvalue weighted by Crippen LogP contribution is -2.24. The smallest absolute Gasteiger partial charge is 0.158 e. The maximum absolute atomic E-state index is 8.88. The second-order valence-corrected chi connectivity index (χ2v) is 5.37. The first-order valence-corrected chi connectivity index (χ1v) is 6.44. The third-order valence-corrected chi connectivity index (χ3v) is 2.83. The maximum Gasteiger partial charge on any atom is 0.158 e. The Morgan fingerprint density at radius 2 is 2.16 bits per heavy atom. The molecule has 0 aliphatic carbocycles. The van der Waals surface area contributed by atoms with Crippen molar-refractivity contribution < 1.29 is 9.84 Å². The molecule has 0 fully saturated rings. The number of nitrogens with two attached hydrogens (primary N) is 1. The zero-order valence-electron chi connectivity index (χ0n) is 11.9. The Labute approximate surface area is 114 Å². The lowest BCUT2D eigenvalue weighted by Gasteiger charge is -2.25. The second kappa shape index (κ2) is 7.25. The van der Waals surface area contributed by atoms with Gasteiger partial charge in [0, 0.05) is 26.3 Å². The first-order chi connectivity index (χ1) is 8.96. The number of ether oxygens (including phenoxy) is 1. The van der Waals surface area contributed by atoms with Crippen LogP contribution in [0.3, 0.4) is 0 Å². The molecular formula is C13H24N4O2. The zero-order chi connectivity index (χ0) is 14.3. The van der Waals surface area contributed by atoms with Crippen molar-refractivity contribution in [1.82, 2.24) is 9.97 Å².